The van der Waals surface area contributed by atoms with Crippen LogP contribution in [0, 0.1) is 5.82 Å². The van der Waals surface area contributed by atoms with Gasteiger partial charge in [0.05, 0.1) is 10.6 Å². The van der Waals surface area contributed by atoms with Crippen LogP contribution in [0.25, 0.3) is 0 Å². The first kappa shape index (κ1) is 14.8. The summed E-state index contributed by atoms with van der Waals surface area (Å²) in [6, 6.07) is 11.7. The van der Waals surface area contributed by atoms with Crippen molar-refractivity contribution in [3.8, 4) is 0 Å². The summed E-state index contributed by atoms with van der Waals surface area (Å²) >= 11 is 11.1. The van der Waals surface area contributed by atoms with Crippen LogP contribution in [0.4, 0.5) is 10.1 Å². The molecular formula is C15H14ClFN2S. The van der Waals surface area contributed by atoms with E-state index in [-0.39, 0.29) is 16.8 Å². The molecule has 0 heterocycles. The molecule has 0 aliphatic rings. The molecule has 2 aromatic rings. The van der Waals surface area contributed by atoms with Crippen molar-refractivity contribution in [1.82, 2.24) is 0 Å². The number of thiocarbonyl (C=S) groups is 1. The average Bonchev–Trinajstić information content (AvgIpc) is 2.39. The minimum atomic E-state index is -0.257. The third-order valence-electron chi connectivity index (χ3n) is 3.00. The zero-order valence-electron chi connectivity index (χ0n) is 10.9. The molecule has 5 heteroatoms. The number of hydrogen-bond donors (Lipinski definition) is 2. The third kappa shape index (κ3) is 3.26. The van der Waals surface area contributed by atoms with E-state index in [1.807, 2.05) is 19.1 Å². The Morgan fingerprint density at radius 2 is 1.90 bits per heavy atom. The van der Waals surface area contributed by atoms with Crippen LogP contribution in [-0.4, -0.2) is 4.99 Å². The second-order valence-electron chi connectivity index (χ2n) is 4.44. The molecular weight excluding hydrogens is 295 g/mol. The lowest BCUT2D eigenvalue weighted by molar-refractivity contribution is 0.626. The molecule has 0 spiro atoms. The highest BCUT2D eigenvalue weighted by atomic mass is 35.5. The molecule has 2 aromatic carbocycles. The highest BCUT2D eigenvalue weighted by molar-refractivity contribution is 7.80. The van der Waals surface area contributed by atoms with Gasteiger partial charge in [-0.3, -0.25) is 0 Å². The molecule has 1 atom stereocenters. The van der Waals surface area contributed by atoms with Crippen molar-refractivity contribution in [3.63, 3.8) is 0 Å². The van der Waals surface area contributed by atoms with E-state index in [0.717, 1.165) is 11.3 Å². The van der Waals surface area contributed by atoms with Crippen molar-refractivity contribution in [2.75, 3.05) is 5.32 Å². The van der Waals surface area contributed by atoms with Gasteiger partial charge >= 0.3 is 0 Å². The van der Waals surface area contributed by atoms with E-state index >= 15 is 0 Å². The fourth-order valence-corrected chi connectivity index (χ4v) is 2.52. The van der Waals surface area contributed by atoms with Gasteiger partial charge in [0.1, 0.15) is 10.8 Å². The lowest BCUT2D eigenvalue weighted by Crippen LogP contribution is -2.15. The number of hydrogen-bond acceptors (Lipinski definition) is 2. The number of benzene rings is 2. The predicted octanol–water partition coefficient (Wildman–Crippen LogP) is 4.29. The molecule has 1 unspecified atom stereocenters. The molecule has 0 fully saturated rings. The van der Waals surface area contributed by atoms with Crippen LogP contribution in [0.3, 0.4) is 0 Å². The predicted molar refractivity (Wildman–Crippen MR) is 85.8 cm³/mol. The lowest BCUT2D eigenvalue weighted by atomic mass is 10.1. The Labute approximate surface area is 127 Å². The summed E-state index contributed by atoms with van der Waals surface area (Å²) < 4.78 is 12.9. The smallest absolute Gasteiger partial charge is 0.123 e. The van der Waals surface area contributed by atoms with Crippen molar-refractivity contribution in [2.45, 2.75) is 13.0 Å². The Morgan fingerprint density at radius 1 is 1.25 bits per heavy atom. The Morgan fingerprint density at radius 3 is 2.50 bits per heavy atom. The van der Waals surface area contributed by atoms with E-state index in [1.165, 1.54) is 12.1 Å². The molecule has 0 amide bonds. The van der Waals surface area contributed by atoms with Gasteiger partial charge in [0, 0.05) is 11.7 Å². The zero-order valence-corrected chi connectivity index (χ0v) is 12.4. The summed E-state index contributed by atoms with van der Waals surface area (Å²) in [5.41, 5.74) is 8.05. The van der Waals surface area contributed by atoms with E-state index in [0.29, 0.717) is 10.6 Å². The molecule has 0 aliphatic heterocycles. The van der Waals surface area contributed by atoms with Gasteiger partial charge in [0.2, 0.25) is 0 Å². The van der Waals surface area contributed by atoms with Crippen LogP contribution >= 0.6 is 23.8 Å². The second kappa shape index (κ2) is 6.20. The maximum atomic E-state index is 12.9. The average molecular weight is 309 g/mol. The molecule has 0 saturated heterocycles. The van der Waals surface area contributed by atoms with Crippen LogP contribution in [0.2, 0.25) is 5.02 Å². The first-order valence-electron chi connectivity index (χ1n) is 6.09. The van der Waals surface area contributed by atoms with Gasteiger partial charge in [-0.05, 0) is 36.8 Å². The molecule has 0 aromatic heterocycles. The highest BCUT2D eigenvalue weighted by Crippen LogP contribution is 2.27. The highest BCUT2D eigenvalue weighted by Gasteiger charge is 2.12. The third-order valence-corrected chi connectivity index (χ3v) is 3.52. The second-order valence-corrected chi connectivity index (χ2v) is 5.29. The molecule has 2 rings (SSSR count). The molecule has 3 N–H and O–H groups in total. The molecule has 0 bridgehead atoms. The molecule has 0 aliphatic carbocycles. The fraction of sp³-hybridized carbons (Fsp3) is 0.133. The zero-order chi connectivity index (χ0) is 14.7. The first-order valence-corrected chi connectivity index (χ1v) is 6.88. The molecule has 2 nitrogen and oxygen atoms in total. The number of halogens is 2. The monoisotopic (exact) mass is 308 g/mol. The van der Waals surface area contributed by atoms with E-state index in [9.17, 15) is 4.39 Å². The molecule has 20 heavy (non-hydrogen) atoms. The van der Waals surface area contributed by atoms with E-state index in [4.69, 9.17) is 29.6 Å². The topological polar surface area (TPSA) is 38.0 Å². The number of rotatable bonds is 4. The maximum Gasteiger partial charge on any atom is 0.123 e. The van der Waals surface area contributed by atoms with E-state index in [2.05, 4.69) is 5.32 Å². The minimum absolute atomic E-state index is 0.0258. The summed E-state index contributed by atoms with van der Waals surface area (Å²) in [5, 5.41) is 3.80. The maximum absolute atomic E-state index is 12.9. The first-order chi connectivity index (χ1) is 9.49. The molecule has 0 radical (unpaired) electrons. The van der Waals surface area contributed by atoms with Gasteiger partial charge in [-0.2, -0.15) is 0 Å². The normalized spacial score (nSPS) is 11.9. The van der Waals surface area contributed by atoms with Crippen molar-refractivity contribution in [2.24, 2.45) is 5.73 Å². The Hall–Kier alpha value is -1.65. The Bertz CT molecular complexity index is 628. The number of anilines is 1. The fourth-order valence-electron chi connectivity index (χ4n) is 1.96. The van der Waals surface area contributed by atoms with Crippen LogP contribution in [0.15, 0.2) is 42.5 Å². The van der Waals surface area contributed by atoms with E-state index < -0.39 is 0 Å². The summed E-state index contributed by atoms with van der Waals surface area (Å²) in [6.07, 6.45) is 0. The Balaban J connectivity index is 2.28. The minimum Gasteiger partial charge on any atom is -0.389 e. The summed E-state index contributed by atoms with van der Waals surface area (Å²) in [5.74, 6) is -0.257. The van der Waals surface area contributed by atoms with Crippen molar-refractivity contribution < 1.29 is 4.39 Å². The lowest BCUT2D eigenvalue weighted by Gasteiger charge is -2.19. The molecule has 0 saturated carbocycles. The van der Waals surface area contributed by atoms with Crippen LogP contribution < -0.4 is 11.1 Å². The van der Waals surface area contributed by atoms with Crippen molar-refractivity contribution >= 4 is 34.5 Å². The quantitative estimate of drug-likeness (QED) is 0.828. The standard InChI is InChI=1S/C15H14ClFN2S/c1-9(10-5-7-11(17)8-6-10)19-13-4-2-3-12(16)14(13)15(18)20/h2-9,19H,1H3,(H2,18,20). The van der Waals surface area contributed by atoms with Gasteiger partial charge in [-0.15, -0.1) is 0 Å². The van der Waals surface area contributed by atoms with Gasteiger partial charge in [0.15, 0.2) is 0 Å². The Kier molecular flexibility index (Phi) is 4.57. The van der Waals surface area contributed by atoms with Gasteiger partial charge in [-0.25, -0.2) is 4.39 Å². The summed E-state index contributed by atoms with van der Waals surface area (Å²) in [6.45, 7) is 1.97. The SMILES string of the molecule is CC(Nc1cccc(Cl)c1C(N)=S)c1ccc(F)cc1. The van der Waals surface area contributed by atoms with Crippen LogP contribution in [0.5, 0.6) is 0 Å². The van der Waals surface area contributed by atoms with Gasteiger partial charge in [0.25, 0.3) is 0 Å². The molecule has 104 valence electrons. The van der Waals surface area contributed by atoms with Gasteiger partial charge in [-0.1, -0.05) is 42.0 Å². The van der Waals surface area contributed by atoms with E-state index in [1.54, 1.807) is 18.2 Å². The van der Waals surface area contributed by atoms with Crippen LogP contribution in [-0.2, 0) is 0 Å². The summed E-state index contributed by atoms with van der Waals surface area (Å²) in [7, 11) is 0. The van der Waals surface area contributed by atoms with Crippen LogP contribution in [0.1, 0.15) is 24.1 Å². The largest absolute Gasteiger partial charge is 0.389 e. The number of nitrogens with two attached hydrogens (primary N) is 1. The number of nitrogens with one attached hydrogen (secondary N) is 1. The van der Waals surface area contributed by atoms with Crippen molar-refractivity contribution in [1.29, 1.82) is 0 Å². The summed E-state index contributed by atoms with van der Waals surface area (Å²) in [4.78, 5) is 0.240. The van der Waals surface area contributed by atoms with Gasteiger partial charge < -0.3 is 11.1 Å². The van der Waals surface area contributed by atoms with Crippen molar-refractivity contribution in [3.05, 3.63) is 64.4 Å².